The molecule has 2 aromatic carbocycles. The minimum absolute atomic E-state index is 0.0211. The average Bonchev–Trinajstić information content (AvgIpc) is 2.82. The van der Waals surface area contributed by atoms with Gasteiger partial charge in [0.05, 0.1) is 21.8 Å². The third kappa shape index (κ3) is 5.54. The van der Waals surface area contributed by atoms with Gasteiger partial charge in [-0.15, -0.1) is 0 Å². The van der Waals surface area contributed by atoms with Gasteiger partial charge in [-0.1, -0.05) is 23.2 Å². The molecule has 13 heteroatoms. The summed E-state index contributed by atoms with van der Waals surface area (Å²) in [5.41, 5.74) is 1.75. The molecule has 4 aromatic rings. The highest BCUT2D eigenvalue weighted by atomic mass is 35.5. The molecule has 36 heavy (non-hydrogen) atoms. The van der Waals surface area contributed by atoms with Crippen LogP contribution in [0.15, 0.2) is 70.5 Å². The van der Waals surface area contributed by atoms with E-state index in [1.165, 1.54) is 54.7 Å². The molecule has 0 saturated heterocycles. The Balaban J connectivity index is 1.46. The van der Waals surface area contributed by atoms with Crippen LogP contribution in [0.3, 0.4) is 0 Å². The third-order valence-electron chi connectivity index (χ3n) is 4.88. The van der Waals surface area contributed by atoms with Crippen LogP contribution in [0.1, 0.15) is 21.7 Å². The van der Waals surface area contributed by atoms with Gasteiger partial charge in [0.2, 0.25) is 5.95 Å². The summed E-state index contributed by atoms with van der Waals surface area (Å²) < 4.78 is 28.7. The zero-order chi connectivity index (χ0) is 26.0. The number of nitrogens with one attached hydrogen (secondary N) is 2. The second kappa shape index (κ2) is 10.1. The van der Waals surface area contributed by atoms with Crippen LogP contribution in [0.5, 0.6) is 0 Å². The van der Waals surface area contributed by atoms with Crippen LogP contribution in [0.25, 0.3) is 5.69 Å². The molecule has 10 nitrogen and oxygen atoms in total. The molecule has 0 radical (unpaired) electrons. The second-order valence-electron chi connectivity index (χ2n) is 7.63. The Hall–Kier alpha value is -3.80. The standard InChI is InChI=1S/C23H18Cl2N6O4S/c1-13-11-14(2)28-23(27-13)30-36(34,35)18-9-5-16(6-10-18)29-21(32)15-3-7-17(8-4-15)31-22(33)20(25)19(24)12-26-31/h3-12H,1-2H3,(H,29,32)(H,27,28,30). The largest absolute Gasteiger partial charge is 0.322 e. The summed E-state index contributed by atoms with van der Waals surface area (Å²) in [6.45, 7) is 3.48. The van der Waals surface area contributed by atoms with Gasteiger partial charge in [-0.3, -0.25) is 9.59 Å². The van der Waals surface area contributed by atoms with E-state index in [4.69, 9.17) is 23.2 Å². The Bertz CT molecular complexity index is 1600. The summed E-state index contributed by atoms with van der Waals surface area (Å²) in [5.74, 6) is -0.458. The van der Waals surface area contributed by atoms with Crippen molar-refractivity contribution in [2.24, 2.45) is 0 Å². The van der Waals surface area contributed by atoms with Crippen molar-refractivity contribution in [3.63, 3.8) is 0 Å². The van der Waals surface area contributed by atoms with Crippen LogP contribution >= 0.6 is 23.2 Å². The van der Waals surface area contributed by atoms with Crippen molar-refractivity contribution < 1.29 is 13.2 Å². The fraction of sp³-hybridized carbons (Fsp3) is 0.0870. The number of aromatic nitrogens is 4. The number of rotatable bonds is 6. The molecule has 1 amide bonds. The topological polar surface area (TPSA) is 136 Å². The molecule has 4 rings (SSSR count). The van der Waals surface area contributed by atoms with Crippen molar-refractivity contribution in [1.82, 2.24) is 19.7 Å². The number of aryl methyl sites for hydroxylation is 2. The van der Waals surface area contributed by atoms with E-state index in [9.17, 15) is 18.0 Å². The average molecular weight is 545 g/mol. The van der Waals surface area contributed by atoms with E-state index in [0.29, 0.717) is 28.3 Å². The second-order valence-corrected chi connectivity index (χ2v) is 10.1. The van der Waals surface area contributed by atoms with Gasteiger partial charge in [0.25, 0.3) is 21.5 Å². The molecule has 0 unspecified atom stereocenters. The van der Waals surface area contributed by atoms with Crippen LogP contribution in [0, 0.1) is 13.8 Å². The summed E-state index contributed by atoms with van der Waals surface area (Å²) in [6.07, 6.45) is 1.25. The maximum absolute atomic E-state index is 12.7. The van der Waals surface area contributed by atoms with Crippen molar-refractivity contribution in [3.8, 4) is 5.69 Å². The third-order valence-corrected chi connectivity index (χ3v) is 6.97. The number of anilines is 2. The molecule has 0 bridgehead atoms. The predicted molar refractivity (Wildman–Crippen MR) is 137 cm³/mol. The molecule has 2 N–H and O–H groups in total. The number of hydrogen-bond donors (Lipinski definition) is 2. The Morgan fingerprint density at radius 2 is 1.56 bits per heavy atom. The summed E-state index contributed by atoms with van der Waals surface area (Å²) >= 11 is 11.7. The smallest absolute Gasteiger partial charge is 0.291 e. The Morgan fingerprint density at radius 1 is 0.944 bits per heavy atom. The quantitative estimate of drug-likeness (QED) is 0.374. The lowest BCUT2D eigenvalue weighted by Gasteiger charge is -2.10. The van der Waals surface area contributed by atoms with Gasteiger partial charge < -0.3 is 5.32 Å². The zero-order valence-electron chi connectivity index (χ0n) is 18.9. The van der Waals surface area contributed by atoms with Gasteiger partial charge in [-0.2, -0.15) is 9.78 Å². The molecule has 2 aromatic heterocycles. The number of carbonyl (C=O) groups excluding carboxylic acids is 1. The van der Waals surface area contributed by atoms with Crippen LogP contribution in [-0.4, -0.2) is 34.1 Å². The Morgan fingerprint density at radius 3 is 2.17 bits per heavy atom. The van der Waals surface area contributed by atoms with Gasteiger partial charge in [0, 0.05) is 22.6 Å². The summed E-state index contributed by atoms with van der Waals surface area (Å²) in [4.78, 5) is 33.0. The zero-order valence-corrected chi connectivity index (χ0v) is 21.2. The molecule has 2 heterocycles. The number of benzene rings is 2. The first-order chi connectivity index (χ1) is 17.0. The number of amides is 1. The van der Waals surface area contributed by atoms with E-state index in [1.54, 1.807) is 19.9 Å². The summed E-state index contributed by atoms with van der Waals surface area (Å²) in [5, 5.41) is 6.51. The van der Waals surface area contributed by atoms with Gasteiger partial charge >= 0.3 is 0 Å². The van der Waals surface area contributed by atoms with Crippen molar-refractivity contribution in [2.75, 3.05) is 10.0 Å². The number of hydrogen-bond acceptors (Lipinski definition) is 7. The van der Waals surface area contributed by atoms with Gasteiger partial charge in [-0.25, -0.2) is 23.1 Å². The van der Waals surface area contributed by atoms with Crippen molar-refractivity contribution >= 4 is 50.8 Å². The number of sulfonamides is 1. The lowest BCUT2D eigenvalue weighted by Crippen LogP contribution is -2.21. The van der Waals surface area contributed by atoms with Gasteiger partial charge in [-0.05, 0) is 68.4 Å². The molecule has 0 spiro atoms. The van der Waals surface area contributed by atoms with E-state index in [1.807, 2.05) is 0 Å². The fourth-order valence-corrected chi connectivity index (χ4v) is 4.42. The minimum atomic E-state index is -3.92. The molecule has 0 fully saturated rings. The first kappa shape index (κ1) is 25.3. The number of nitrogens with zero attached hydrogens (tertiary/aromatic N) is 4. The van der Waals surface area contributed by atoms with Gasteiger partial charge in [0.1, 0.15) is 5.02 Å². The minimum Gasteiger partial charge on any atom is -0.322 e. The summed E-state index contributed by atoms with van der Waals surface area (Å²) in [6, 6.07) is 13.4. The van der Waals surface area contributed by atoms with E-state index >= 15 is 0 Å². The maximum atomic E-state index is 12.7. The van der Waals surface area contributed by atoms with Crippen molar-refractivity contribution in [3.05, 3.63) is 98.1 Å². The molecule has 0 aliphatic heterocycles. The molecule has 0 saturated carbocycles. The van der Waals surface area contributed by atoms with E-state index in [0.717, 1.165) is 4.68 Å². The predicted octanol–water partition coefficient (Wildman–Crippen LogP) is 4.00. The SMILES string of the molecule is Cc1cc(C)nc(NS(=O)(=O)c2ccc(NC(=O)c3ccc(-n4ncc(Cl)c(Cl)c4=O)cc3)cc2)n1. The first-order valence-corrected chi connectivity index (χ1v) is 12.6. The molecule has 0 aliphatic rings. The lowest BCUT2D eigenvalue weighted by atomic mass is 10.2. The maximum Gasteiger partial charge on any atom is 0.291 e. The normalized spacial score (nSPS) is 11.2. The van der Waals surface area contributed by atoms with Crippen molar-refractivity contribution in [2.45, 2.75) is 18.7 Å². The fourth-order valence-electron chi connectivity index (χ4n) is 3.22. The highest BCUT2D eigenvalue weighted by Gasteiger charge is 2.17. The monoisotopic (exact) mass is 544 g/mol. The van der Waals surface area contributed by atoms with Crippen molar-refractivity contribution in [1.29, 1.82) is 0 Å². The highest BCUT2D eigenvalue weighted by molar-refractivity contribution is 7.92. The summed E-state index contributed by atoms with van der Waals surface area (Å²) in [7, 11) is -3.92. The Labute approximate surface area is 216 Å². The first-order valence-electron chi connectivity index (χ1n) is 10.3. The molecule has 184 valence electrons. The number of halogens is 2. The van der Waals surface area contributed by atoms with Crippen LogP contribution in [-0.2, 0) is 10.0 Å². The lowest BCUT2D eigenvalue weighted by molar-refractivity contribution is 0.102. The number of carbonyl (C=O) groups is 1. The highest BCUT2D eigenvalue weighted by Crippen LogP contribution is 2.19. The van der Waals surface area contributed by atoms with E-state index in [2.05, 4.69) is 25.1 Å². The molecular formula is C23H18Cl2N6O4S. The Kier molecular flexibility index (Phi) is 7.07. The van der Waals surface area contributed by atoms with Crippen LogP contribution in [0.4, 0.5) is 11.6 Å². The van der Waals surface area contributed by atoms with E-state index in [-0.39, 0.29) is 20.9 Å². The van der Waals surface area contributed by atoms with E-state index < -0.39 is 21.5 Å². The molecule has 0 atom stereocenters. The van der Waals surface area contributed by atoms with Crippen LogP contribution in [0.2, 0.25) is 10.0 Å². The molecule has 0 aliphatic carbocycles. The van der Waals surface area contributed by atoms with Gasteiger partial charge in [0.15, 0.2) is 0 Å². The van der Waals surface area contributed by atoms with Crippen LogP contribution < -0.4 is 15.6 Å². The molecular weight excluding hydrogens is 527 g/mol.